The van der Waals surface area contributed by atoms with Crippen molar-refractivity contribution in [2.24, 2.45) is 0 Å². The summed E-state index contributed by atoms with van der Waals surface area (Å²) in [6.45, 7) is 1.97. The van der Waals surface area contributed by atoms with E-state index in [1.54, 1.807) is 12.1 Å². The number of aliphatic hydroxyl groups excluding tert-OH is 2. The molecule has 0 amide bonds. The van der Waals surface area contributed by atoms with Gasteiger partial charge in [0.25, 0.3) is 0 Å². The van der Waals surface area contributed by atoms with Crippen molar-refractivity contribution >= 4 is 0 Å². The summed E-state index contributed by atoms with van der Waals surface area (Å²) in [6, 6.07) is 7.07. The third-order valence-electron chi connectivity index (χ3n) is 2.73. The van der Waals surface area contributed by atoms with Crippen molar-refractivity contribution in [3.8, 4) is 5.75 Å². The van der Waals surface area contributed by atoms with Crippen LogP contribution >= 0.6 is 0 Å². The number of aliphatic hydroxyl groups is 2. The van der Waals surface area contributed by atoms with E-state index >= 15 is 0 Å². The van der Waals surface area contributed by atoms with Crippen LogP contribution < -0.4 is 0 Å². The smallest absolute Gasteiger partial charge is 0.118 e. The zero-order chi connectivity index (χ0) is 12.0. The quantitative estimate of drug-likeness (QED) is 0.691. The average Bonchev–Trinajstić information content (AvgIpc) is 2.28. The molecule has 3 nitrogen and oxygen atoms in total. The Morgan fingerprint density at radius 3 is 2.31 bits per heavy atom. The molecule has 0 radical (unpaired) electrons. The predicted octanol–water partition coefficient (Wildman–Crippen LogP) is 1.85. The maximum absolute atomic E-state index is 9.67. The van der Waals surface area contributed by atoms with Gasteiger partial charge < -0.3 is 15.3 Å². The van der Waals surface area contributed by atoms with Crippen LogP contribution in [0.4, 0.5) is 0 Å². The van der Waals surface area contributed by atoms with E-state index in [0.717, 1.165) is 12.0 Å². The molecule has 2 atom stereocenters. The highest BCUT2D eigenvalue weighted by molar-refractivity contribution is 5.31. The Bertz CT molecular complexity index is 312. The van der Waals surface area contributed by atoms with E-state index in [0.29, 0.717) is 19.3 Å². The zero-order valence-electron chi connectivity index (χ0n) is 9.63. The fraction of sp³-hybridized carbons (Fsp3) is 0.538. The summed E-state index contributed by atoms with van der Waals surface area (Å²) >= 11 is 0. The fourth-order valence-electron chi connectivity index (χ4n) is 1.71. The van der Waals surface area contributed by atoms with E-state index in [4.69, 9.17) is 0 Å². The van der Waals surface area contributed by atoms with Crippen LogP contribution in [0.5, 0.6) is 5.75 Å². The first kappa shape index (κ1) is 13.0. The topological polar surface area (TPSA) is 60.7 Å². The number of hydrogen-bond donors (Lipinski definition) is 3. The SMILES string of the molecule is CCCC(O)C(O)CCc1ccccc1O. The van der Waals surface area contributed by atoms with Crippen LogP contribution in [0.25, 0.3) is 0 Å². The van der Waals surface area contributed by atoms with E-state index in [2.05, 4.69) is 0 Å². The summed E-state index contributed by atoms with van der Waals surface area (Å²) in [5, 5.41) is 28.7. The molecule has 1 aromatic carbocycles. The molecule has 0 saturated heterocycles. The molecule has 2 unspecified atom stereocenters. The second-order valence-electron chi connectivity index (χ2n) is 4.09. The highest BCUT2D eigenvalue weighted by Gasteiger charge is 2.15. The molecule has 16 heavy (non-hydrogen) atoms. The largest absolute Gasteiger partial charge is 0.508 e. The highest BCUT2D eigenvalue weighted by atomic mass is 16.3. The molecule has 90 valence electrons. The standard InChI is InChI=1S/C13H20O3/c1-2-5-12(15)13(16)9-8-10-6-3-4-7-11(10)14/h3-4,6-7,12-16H,2,5,8-9H2,1H3. The lowest BCUT2D eigenvalue weighted by Crippen LogP contribution is -2.26. The molecular formula is C13H20O3. The van der Waals surface area contributed by atoms with Crippen LogP contribution in [0.3, 0.4) is 0 Å². The third-order valence-corrected chi connectivity index (χ3v) is 2.73. The van der Waals surface area contributed by atoms with Crippen molar-refractivity contribution in [1.29, 1.82) is 0 Å². The lowest BCUT2D eigenvalue weighted by molar-refractivity contribution is 0.00974. The Morgan fingerprint density at radius 2 is 1.69 bits per heavy atom. The zero-order valence-corrected chi connectivity index (χ0v) is 9.63. The first-order chi connectivity index (χ1) is 7.65. The molecule has 3 N–H and O–H groups in total. The minimum Gasteiger partial charge on any atom is -0.508 e. The van der Waals surface area contributed by atoms with Crippen LogP contribution in [0, 0.1) is 0 Å². The van der Waals surface area contributed by atoms with Gasteiger partial charge in [0.2, 0.25) is 0 Å². The maximum Gasteiger partial charge on any atom is 0.118 e. The third kappa shape index (κ3) is 3.83. The average molecular weight is 224 g/mol. The van der Waals surface area contributed by atoms with Crippen molar-refractivity contribution in [3.05, 3.63) is 29.8 Å². The molecule has 0 spiro atoms. The molecule has 1 aromatic rings. The molecule has 3 heteroatoms. The highest BCUT2D eigenvalue weighted by Crippen LogP contribution is 2.19. The molecule has 0 aliphatic carbocycles. The monoisotopic (exact) mass is 224 g/mol. The first-order valence-corrected chi connectivity index (χ1v) is 5.78. The van der Waals surface area contributed by atoms with Gasteiger partial charge in [0.05, 0.1) is 12.2 Å². The van der Waals surface area contributed by atoms with Gasteiger partial charge in [-0.05, 0) is 30.9 Å². The Kier molecular flexibility index (Phi) is 5.29. The first-order valence-electron chi connectivity index (χ1n) is 5.78. The van der Waals surface area contributed by atoms with Gasteiger partial charge in [0, 0.05) is 0 Å². The van der Waals surface area contributed by atoms with Crippen LogP contribution in [0.1, 0.15) is 31.7 Å². The summed E-state index contributed by atoms with van der Waals surface area (Å²) in [7, 11) is 0. The van der Waals surface area contributed by atoms with Crippen LogP contribution in [0.2, 0.25) is 0 Å². The van der Waals surface area contributed by atoms with E-state index < -0.39 is 12.2 Å². The predicted molar refractivity (Wildman–Crippen MR) is 63.3 cm³/mol. The molecule has 0 aliphatic rings. The second kappa shape index (κ2) is 6.51. The number of rotatable bonds is 6. The van der Waals surface area contributed by atoms with Gasteiger partial charge in [-0.1, -0.05) is 31.5 Å². The van der Waals surface area contributed by atoms with Crippen molar-refractivity contribution in [2.45, 2.75) is 44.8 Å². The minimum absolute atomic E-state index is 0.250. The molecule has 0 fully saturated rings. The summed E-state index contributed by atoms with van der Waals surface area (Å²) < 4.78 is 0. The lowest BCUT2D eigenvalue weighted by Gasteiger charge is -2.17. The molecular weight excluding hydrogens is 204 g/mol. The molecule has 1 rings (SSSR count). The van der Waals surface area contributed by atoms with Crippen molar-refractivity contribution in [1.82, 2.24) is 0 Å². The molecule has 0 aliphatic heterocycles. The van der Waals surface area contributed by atoms with Crippen LogP contribution in [-0.2, 0) is 6.42 Å². The maximum atomic E-state index is 9.67. The molecule has 0 bridgehead atoms. The number of aryl methyl sites for hydroxylation is 1. The van der Waals surface area contributed by atoms with Gasteiger partial charge in [-0.15, -0.1) is 0 Å². The number of phenols is 1. The van der Waals surface area contributed by atoms with Gasteiger partial charge in [0.15, 0.2) is 0 Å². The van der Waals surface area contributed by atoms with E-state index in [9.17, 15) is 15.3 Å². The fourth-order valence-corrected chi connectivity index (χ4v) is 1.71. The van der Waals surface area contributed by atoms with Gasteiger partial charge in [0.1, 0.15) is 5.75 Å². The Labute approximate surface area is 96.4 Å². The number of aromatic hydroxyl groups is 1. The Balaban J connectivity index is 2.42. The van der Waals surface area contributed by atoms with Crippen LogP contribution in [-0.4, -0.2) is 27.5 Å². The van der Waals surface area contributed by atoms with E-state index in [-0.39, 0.29) is 5.75 Å². The van der Waals surface area contributed by atoms with Gasteiger partial charge in [-0.2, -0.15) is 0 Å². The van der Waals surface area contributed by atoms with Gasteiger partial charge in [-0.25, -0.2) is 0 Å². The van der Waals surface area contributed by atoms with E-state index in [1.807, 2.05) is 19.1 Å². The van der Waals surface area contributed by atoms with Crippen molar-refractivity contribution < 1.29 is 15.3 Å². The summed E-state index contributed by atoms with van der Waals surface area (Å²) in [5.41, 5.74) is 0.810. The summed E-state index contributed by atoms with van der Waals surface area (Å²) in [5.74, 6) is 0.250. The normalized spacial score (nSPS) is 14.7. The minimum atomic E-state index is -0.709. The van der Waals surface area contributed by atoms with Crippen molar-refractivity contribution in [2.75, 3.05) is 0 Å². The van der Waals surface area contributed by atoms with Crippen molar-refractivity contribution in [3.63, 3.8) is 0 Å². The lowest BCUT2D eigenvalue weighted by atomic mass is 10.0. The van der Waals surface area contributed by atoms with Gasteiger partial charge >= 0.3 is 0 Å². The molecule has 0 heterocycles. The number of hydrogen-bond acceptors (Lipinski definition) is 3. The Morgan fingerprint density at radius 1 is 1.06 bits per heavy atom. The molecule has 0 aromatic heterocycles. The number of para-hydroxylation sites is 1. The summed E-state index contributed by atoms with van der Waals surface area (Å²) in [6.07, 6.45) is 1.15. The molecule has 0 saturated carbocycles. The van der Waals surface area contributed by atoms with Crippen LogP contribution in [0.15, 0.2) is 24.3 Å². The second-order valence-corrected chi connectivity index (χ2v) is 4.09. The Hall–Kier alpha value is -1.06. The number of phenolic OH excluding ortho intramolecular Hbond substituents is 1. The number of benzene rings is 1. The summed E-state index contributed by atoms with van der Waals surface area (Å²) in [4.78, 5) is 0. The van der Waals surface area contributed by atoms with Gasteiger partial charge in [-0.3, -0.25) is 0 Å². The van der Waals surface area contributed by atoms with E-state index in [1.165, 1.54) is 0 Å².